The molecular formula is C17H23NOS. The molecule has 0 fully saturated rings. The Kier molecular flexibility index (Phi) is 5.21. The van der Waals surface area contributed by atoms with E-state index in [2.05, 4.69) is 55.7 Å². The van der Waals surface area contributed by atoms with Crippen molar-refractivity contribution in [2.24, 2.45) is 0 Å². The van der Waals surface area contributed by atoms with Gasteiger partial charge < -0.3 is 10.1 Å². The minimum absolute atomic E-state index is 0.268. The van der Waals surface area contributed by atoms with E-state index in [9.17, 15) is 0 Å². The van der Waals surface area contributed by atoms with Gasteiger partial charge in [0.2, 0.25) is 0 Å². The predicted octanol–water partition coefficient (Wildman–Crippen LogP) is 4.46. The first-order valence-corrected chi connectivity index (χ1v) is 7.96. The summed E-state index contributed by atoms with van der Waals surface area (Å²) in [5.41, 5.74) is 3.83. The molecule has 0 spiro atoms. The fourth-order valence-corrected chi connectivity index (χ4v) is 3.14. The highest BCUT2D eigenvalue weighted by molar-refractivity contribution is 7.10. The highest BCUT2D eigenvalue weighted by Gasteiger charge is 2.15. The van der Waals surface area contributed by atoms with Crippen molar-refractivity contribution < 1.29 is 4.74 Å². The molecule has 3 heteroatoms. The van der Waals surface area contributed by atoms with Crippen LogP contribution >= 0.6 is 11.3 Å². The second kappa shape index (κ2) is 6.91. The molecule has 0 amide bonds. The zero-order chi connectivity index (χ0) is 14.5. The van der Waals surface area contributed by atoms with E-state index < -0.39 is 0 Å². The van der Waals surface area contributed by atoms with Crippen molar-refractivity contribution in [3.63, 3.8) is 0 Å². The van der Waals surface area contributed by atoms with E-state index in [0.717, 1.165) is 18.7 Å². The number of ether oxygens (including phenoxy) is 1. The molecule has 0 aliphatic rings. The fourth-order valence-electron chi connectivity index (χ4n) is 2.41. The van der Waals surface area contributed by atoms with E-state index in [-0.39, 0.29) is 6.04 Å². The SMILES string of the molecule is CCCNC(c1csc(C)c1)c1ccc(OC)c(C)c1. The molecule has 108 valence electrons. The third-order valence-electron chi connectivity index (χ3n) is 3.43. The Balaban J connectivity index is 2.33. The second-order valence-corrected chi connectivity index (χ2v) is 6.22. The molecule has 1 aromatic carbocycles. The largest absolute Gasteiger partial charge is 0.496 e. The molecule has 0 aliphatic heterocycles. The normalized spacial score (nSPS) is 12.4. The fraction of sp³-hybridized carbons (Fsp3) is 0.412. The van der Waals surface area contributed by atoms with Crippen molar-refractivity contribution in [2.45, 2.75) is 33.2 Å². The van der Waals surface area contributed by atoms with Crippen LogP contribution in [0, 0.1) is 13.8 Å². The van der Waals surface area contributed by atoms with Gasteiger partial charge in [0.05, 0.1) is 13.2 Å². The topological polar surface area (TPSA) is 21.3 Å². The van der Waals surface area contributed by atoms with Crippen molar-refractivity contribution in [1.82, 2.24) is 5.32 Å². The average Bonchev–Trinajstić information content (AvgIpc) is 2.86. The van der Waals surface area contributed by atoms with Gasteiger partial charge in [-0.25, -0.2) is 0 Å². The van der Waals surface area contributed by atoms with Crippen LogP contribution in [0.4, 0.5) is 0 Å². The van der Waals surface area contributed by atoms with Gasteiger partial charge in [-0.3, -0.25) is 0 Å². The highest BCUT2D eigenvalue weighted by Crippen LogP contribution is 2.29. The Morgan fingerprint density at radius 1 is 1.20 bits per heavy atom. The summed E-state index contributed by atoms with van der Waals surface area (Å²) >= 11 is 1.81. The zero-order valence-electron chi connectivity index (χ0n) is 12.7. The van der Waals surface area contributed by atoms with Crippen molar-refractivity contribution in [3.05, 3.63) is 51.2 Å². The molecule has 2 rings (SSSR count). The lowest BCUT2D eigenvalue weighted by molar-refractivity contribution is 0.411. The van der Waals surface area contributed by atoms with Gasteiger partial charge in [0, 0.05) is 4.88 Å². The van der Waals surface area contributed by atoms with Gasteiger partial charge in [0.15, 0.2) is 0 Å². The van der Waals surface area contributed by atoms with Crippen LogP contribution < -0.4 is 10.1 Å². The first-order chi connectivity index (χ1) is 9.65. The van der Waals surface area contributed by atoms with Crippen LogP contribution in [0.2, 0.25) is 0 Å². The quantitative estimate of drug-likeness (QED) is 0.847. The van der Waals surface area contributed by atoms with E-state index in [1.54, 1.807) is 7.11 Å². The van der Waals surface area contributed by atoms with Gasteiger partial charge in [0.25, 0.3) is 0 Å². The van der Waals surface area contributed by atoms with Crippen molar-refractivity contribution >= 4 is 11.3 Å². The number of nitrogens with one attached hydrogen (secondary N) is 1. The maximum Gasteiger partial charge on any atom is 0.121 e. The smallest absolute Gasteiger partial charge is 0.121 e. The standard InChI is InChI=1S/C17H23NOS/c1-5-8-18-17(15-10-13(3)20-11-15)14-6-7-16(19-4)12(2)9-14/h6-7,9-11,17-18H,5,8H2,1-4H3. The summed E-state index contributed by atoms with van der Waals surface area (Å²) < 4.78 is 5.35. The van der Waals surface area contributed by atoms with Crippen LogP contribution in [0.3, 0.4) is 0 Å². The van der Waals surface area contributed by atoms with E-state index in [4.69, 9.17) is 4.74 Å². The number of benzene rings is 1. The molecule has 20 heavy (non-hydrogen) atoms. The van der Waals surface area contributed by atoms with Crippen molar-refractivity contribution in [2.75, 3.05) is 13.7 Å². The third-order valence-corrected chi connectivity index (χ3v) is 4.31. The molecule has 1 unspecified atom stereocenters. The monoisotopic (exact) mass is 289 g/mol. The lowest BCUT2D eigenvalue weighted by Crippen LogP contribution is -2.22. The first kappa shape index (κ1) is 15.1. The predicted molar refractivity (Wildman–Crippen MR) is 86.9 cm³/mol. The minimum atomic E-state index is 0.268. The lowest BCUT2D eigenvalue weighted by Gasteiger charge is -2.19. The number of thiophene rings is 1. The van der Waals surface area contributed by atoms with Crippen LogP contribution in [-0.2, 0) is 0 Å². The van der Waals surface area contributed by atoms with Gasteiger partial charge >= 0.3 is 0 Å². The van der Waals surface area contributed by atoms with Crippen LogP contribution in [0.15, 0.2) is 29.6 Å². The number of aryl methyl sites for hydroxylation is 2. The Morgan fingerprint density at radius 2 is 2.00 bits per heavy atom. The summed E-state index contributed by atoms with van der Waals surface area (Å²) in [6.07, 6.45) is 1.13. The van der Waals surface area contributed by atoms with Gasteiger partial charge in [-0.1, -0.05) is 19.1 Å². The van der Waals surface area contributed by atoms with Crippen molar-refractivity contribution in [3.8, 4) is 5.75 Å². The highest BCUT2D eigenvalue weighted by atomic mass is 32.1. The Bertz CT molecular complexity index is 562. The molecule has 1 N–H and O–H groups in total. The summed E-state index contributed by atoms with van der Waals surface area (Å²) in [6, 6.07) is 8.98. The van der Waals surface area contributed by atoms with E-state index in [1.165, 1.54) is 21.6 Å². The number of hydrogen-bond donors (Lipinski definition) is 1. The van der Waals surface area contributed by atoms with Gasteiger partial charge in [-0.05, 0) is 61.0 Å². The molecule has 0 aliphatic carbocycles. The Morgan fingerprint density at radius 3 is 2.55 bits per heavy atom. The van der Waals surface area contributed by atoms with E-state index in [0.29, 0.717) is 0 Å². The van der Waals surface area contributed by atoms with Crippen LogP contribution in [0.5, 0.6) is 5.75 Å². The molecule has 0 saturated heterocycles. The van der Waals surface area contributed by atoms with E-state index >= 15 is 0 Å². The zero-order valence-corrected chi connectivity index (χ0v) is 13.5. The maximum atomic E-state index is 5.35. The molecular weight excluding hydrogens is 266 g/mol. The van der Waals surface area contributed by atoms with Gasteiger partial charge in [0.1, 0.15) is 5.75 Å². The van der Waals surface area contributed by atoms with Crippen LogP contribution in [0.25, 0.3) is 0 Å². The van der Waals surface area contributed by atoms with Crippen LogP contribution in [0.1, 0.15) is 41.0 Å². The summed E-state index contributed by atoms with van der Waals surface area (Å²) in [6.45, 7) is 7.47. The molecule has 1 heterocycles. The van der Waals surface area contributed by atoms with Crippen molar-refractivity contribution in [1.29, 1.82) is 0 Å². The first-order valence-electron chi connectivity index (χ1n) is 7.08. The van der Waals surface area contributed by atoms with Gasteiger partial charge in [-0.2, -0.15) is 0 Å². The molecule has 0 radical (unpaired) electrons. The summed E-state index contributed by atoms with van der Waals surface area (Å²) in [5, 5.41) is 5.90. The molecule has 2 nitrogen and oxygen atoms in total. The molecule has 1 aromatic heterocycles. The van der Waals surface area contributed by atoms with Gasteiger partial charge in [-0.15, -0.1) is 11.3 Å². The Labute approximate surface area is 125 Å². The lowest BCUT2D eigenvalue weighted by atomic mass is 9.98. The molecule has 2 aromatic rings. The third kappa shape index (κ3) is 3.41. The summed E-state index contributed by atoms with van der Waals surface area (Å²) in [5.74, 6) is 0.949. The number of rotatable bonds is 6. The summed E-state index contributed by atoms with van der Waals surface area (Å²) in [7, 11) is 1.72. The Hall–Kier alpha value is -1.32. The van der Waals surface area contributed by atoms with E-state index in [1.807, 2.05) is 11.3 Å². The summed E-state index contributed by atoms with van der Waals surface area (Å²) in [4.78, 5) is 1.36. The number of hydrogen-bond acceptors (Lipinski definition) is 3. The minimum Gasteiger partial charge on any atom is -0.496 e. The second-order valence-electron chi connectivity index (χ2n) is 5.11. The average molecular weight is 289 g/mol. The maximum absolute atomic E-state index is 5.35. The molecule has 0 bridgehead atoms. The van der Waals surface area contributed by atoms with Crippen LogP contribution in [-0.4, -0.2) is 13.7 Å². The molecule has 0 saturated carbocycles. The number of methoxy groups -OCH3 is 1. The molecule has 1 atom stereocenters.